The summed E-state index contributed by atoms with van der Waals surface area (Å²) in [6, 6.07) is 0.300. The van der Waals surface area contributed by atoms with E-state index in [1.807, 2.05) is 7.05 Å². The van der Waals surface area contributed by atoms with Crippen LogP contribution in [0.2, 0.25) is 5.15 Å². The SMILES string of the molecule is CCC1Oc2c(Cl)ncnc2N(C)C1C. The minimum atomic E-state index is 0.144. The first-order valence-electron chi connectivity index (χ1n) is 5.05. The molecular weight excluding hydrogens is 214 g/mol. The fourth-order valence-electron chi connectivity index (χ4n) is 1.81. The van der Waals surface area contributed by atoms with Crippen LogP contribution in [0.3, 0.4) is 0 Å². The average Bonchev–Trinajstić information content (AvgIpc) is 2.24. The standard InChI is InChI=1S/C10H14ClN3O/c1-4-7-6(2)14(3)10-8(15-7)9(11)12-5-13-10/h5-7H,4H2,1-3H3. The van der Waals surface area contributed by atoms with Crippen molar-refractivity contribution in [2.24, 2.45) is 0 Å². The summed E-state index contributed by atoms with van der Waals surface area (Å²) < 4.78 is 5.80. The third-order valence-corrected chi connectivity index (χ3v) is 3.17. The largest absolute Gasteiger partial charge is 0.481 e. The van der Waals surface area contributed by atoms with E-state index < -0.39 is 0 Å². The highest BCUT2D eigenvalue weighted by atomic mass is 35.5. The van der Waals surface area contributed by atoms with Crippen LogP contribution in [0.25, 0.3) is 0 Å². The number of nitrogens with zero attached hydrogens (tertiary/aromatic N) is 3. The molecule has 0 amide bonds. The molecule has 5 heteroatoms. The lowest BCUT2D eigenvalue weighted by atomic mass is 10.1. The van der Waals surface area contributed by atoms with Crippen LogP contribution in [0.5, 0.6) is 5.75 Å². The number of rotatable bonds is 1. The Bertz CT molecular complexity index is 372. The van der Waals surface area contributed by atoms with Crippen molar-refractivity contribution in [1.82, 2.24) is 9.97 Å². The van der Waals surface area contributed by atoms with Crippen molar-refractivity contribution < 1.29 is 4.74 Å². The van der Waals surface area contributed by atoms with Gasteiger partial charge in [-0.3, -0.25) is 0 Å². The normalized spacial score (nSPS) is 24.7. The number of hydrogen-bond acceptors (Lipinski definition) is 4. The van der Waals surface area contributed by atoms with Gasteiger partial charge in [-0.15, -0.1) is 0 Å². The van der Waals surface area contributed by atoms with Gasteiger partial charge in [0.15, 0.2) is 16.7 Å². The molecule has 2 atom stereocenters. The summed E-state index contributed by atoms with van der Waals surface area (Å²) in [5.74, 6) is 1.37. The maximum atomic E-state index is 5.97. The zero-order chi connectivity index (χ0) is 11.0. The molecule has 1 aliphatic rings. The lowest BCUT2D eigenvalue weighted by Gasteiger charge is -2.38. The molecule has 0 bridgehead atoms. The summed E-state index contributed by atoms with van der Waals surface area (Å²) in [4.78, 5) is 10.2. The third-order valence-electron chi connectivity index (χ3n) is 2.90. The maximum Gasteiger partial charge on any atom is 0.199 e. The number of fused-ring (bicyclic) bond motifs is 1. The average molecular weight is 228 g/mol. The number of anilines is 1. The lowest BCUT2D eigenvalue weighted by molar-refractivity contribution is 0.154. The first kappa shape index (κ1) is 10.5. The van der Waals surface area contributed by atoms with Crippen LogP contribution in [-0.4, -0.2) is 29.2 Å². The molecule has 0 saturated heterocycles. The van der Waals surface area contributed by atoms with E-state index in [2.05, 4.69) is 28.7 Å². The third kappa shape index (κ3) is 1.63. The van der Waals surface area contributed by atoms with Crippen LogP contribution in [0.15, 0.2) is 6.33 Å². The molecule has 0 fully saturated rings. The molecular formula is C10H14ClN3O. The number of ether oxygens (including phenoxy) is 1. The van der Waals surface area contributed by atoms with Gasteiger partial charge in [-0.25, -0.2) is 9.97 Å². The molecule has 0 saturated carbocycles. The van der Waals surface area contributed by atoms with E-state index in [9.17, 15) is 0 Å². The smallest absolute Gasteiger partial charge is 0.199 e. The molecule has 1 aromatic heterocycles. The summed E-state index contributed by atoms with van der Waals surface area (Å²) in [5, 5.41) is 0.386. The van der Waals surface area contributed by atoms with Crippen molar-refractivity contribution in [3.05, 3.63) is 11.5 Å². The zero-order valence-corrected chi connectivity index (χ0v) is 9.82. The van der Waals surface area contributed by atoms with Crippen LogP contribution in [-0.2, 0) is 0 Å². The topological polar surface area (TPSA) is 38.3 Å². The molecule has 0 aliphatic carbocycles. The molecule has 4 nitrogen and oxygen atoms in total. The van der Waals surface area contributed by atoms with E-state index in [0.717, 1.165) is 12.2 Å². The van der Waals surface area contributed by atoms with Crippen LogP contribution >= 0.6 is 11.6 Å². The Morgan fingerprint density at radius 2 is 2.27 bits per heavy atom. The molecule has 0 radical (unpaired) electrons. The molecule has 1 aromatic rings. The Hall–Kier alpha value is -1.03. The minimum Gasteiger partial charge on any atom is -0.481 e. The first-order chi connectivity index (χ1) is 7.15. The van der Waals surface area contributed by atoms with Gasteiger partial charge in [0.25, 0.3) is 0 Å². The van der Waals surface area contributed by atoms with Crippen molar-refractivity contribution in [1.29, 1.82) is 0 Å². The predicted molar refractivity (Wildman–Crippen MR) is 59.6 cm³/mol. The van der Waals surface area contributed by atoms with Crippen molar-refractivity contribution in [2.75, 3.05) is 11.9 Å². The van der Waals surface area contributed by atoms with Gasteiger partial charge < -0.3 is 9.64 Å². The number of aromatic nitrogens is 2. The van der Waals surface area contributed by atoms with Gasteiger partial charge in [0, 0.05) is 7.05 Å². The zero-order valence-electron chi connectivity index (χ0n) is 9.07. The Balaban J connectivity index is 2.45. The van der Waals surface area contributed by atoms with Crippen molar-refractivity contribution in [3.63, 3.8) is 0 Å². The predicted octanol–water partition coefficient (Wildman–Crippen LogP) is 2.13. The van der Waals surface area contributed by atoms with Gasteiger partial charge >= 0.3 is 0 Å². The molecule has 0 aromatic carbocycles. The molecule has 2 heterocycles. The van der Waals surface area contributed by atoms with Gasteiger partial charge in [-0.05, 0) is 13.3 Å². The van der Waals surface area contributed by atoms with E-state index in [-0.39, 0.29) is 6.10 Å². The van der Waals surface area contributed by atoms with Gasteiger partial charge in [0.1, 0.15) is 12.4 Å². The van der Waals surface area contributed by atoms with E-state index in [0.29, 0.717) is 16.9 Å². The molecule has 0 N–H and O–H groups in total. The van der Waals surface area contributed by atoms with E-state index in [1.165, 1.54) is 6.33 Å². The quantitative estimate of drug-likeness (QED) is 0.689. The van der Waals surface area contributed by atoms with Crippen molar-refractivity contribution in [2.45, 2.75) is 32.4 Å². The van der Waals surface area contributed by atoms with Gasteiger partial charge in [0.2, 0.25) is 0 Å². The first-order valence-corrected chi connectivity index (χ1v) is 5.43. The molecule has 15 heavy (non-hydrogen) atoms. The molecule has 0 spiro atoms. The summed E-state index contributed by atoms with van der Waals surface area (Å²) in [5.41, 5.74) is 0. The monoisotopic (exact) mass is 227 g/mol. The minimum absolute atomic E-state index is 0.144. The second-order valence-corrected chi connectivity index (χ2v) is 4.09. The summed E-state index contributed by atoms with van der Waals surface area (Å²) >= 11 is 5.97. The van der Waals surface area contributed by atoms with Gasteiger partial charge in [-0.1, -0.05) is 18.5 Å². The Morgan fingerprint density at radius 1 is 1.53 bits per heavy atom. The Morgan fingerprint density at radius 3 is 2.93 bits per heavy atom. The second kappa shape index (κ2) is 3.85. The number of halogens is 1. The maximum absolute atomic E-state index is 5.97. The van der Waals surface area contributed by atoms with Crippen LogP contribution in [0.4, 0.5) is 5.82 Å². The number of hydrogen-bond donors (Lipinski definition) is 0. The van der Waals surface area contributed by atoms with Crippen LogP contribution in [0.1, 0.15) is 20.3 Å². The number of likely N-dealkylation sites (N-methyl/N-ethyl adjacent to an activating group) is 1. The van der Waals surface area contributed by atoms with Crippen LogP contribution in [0, 0.1) is 0 Å². The highest BCUT2D eigenvalue weighted by molar-refractivity contribution is 6.31. The summed E-state index contributed by atoms with van der Waals surface area (Å²) in [6.45, 7) is 4.21. The molecule has 2 unspecified atom stereocenters. The summed E-state index contributed by atoms with van der Waals surface area (Å²) in [6.07, 6.45) is 2.54. The molecule has 2 rings (SSSR count). The fourth-order valence-corrected chi connectivity index (χ4v) is 1.99. The Kier molecular flexibility index (Phi) is 2.69. The second-order valence-electron chi connectivity index (χ2n) is 3.73. The lowest BCUT2D eigenvalue weighted by Crippen LogP contribution is -2.46. The molecule has 1 aliphatic heterocycles. The van der Waals surface area contributed by atoms with Gasteiger partial charge in [-0.2, -0.15) is 0 Å². The molecule has 82 valence electrons. The summed E-state index contributed by atoms with van der Waals surface area (Å²) in [7, 11) is 2.00. The van der Waals surface area contributed by atoms with E-state index >= 15 is 0 Å². The van der Waals surface area contributed by atoms with Crippen molar-refractivity contribution in [3.8, 4) is 5.75 Å². The highest BCUT2D eigenvalue weighted by Crippen LogP contribution is 2.38. The van der Waals surface area contributed by atoms with Crippen LogP contribution < -0.4 is 9.64 Å². The highest BCUT2D eigenvalue weighted by Gasteiger charge is 2.32. The van der Waals surface area contributed by atoms with E-state index in [1.54, 1.807) is 0 Å². The van der Waals surface area contributed by atoms with Gasteiger partial charge in [0.05, 0.1) is 6.04 Å². The fraction of sp³-hybridized carbons (Fsp3) is 0.600. The van der Waals surface area contributed by atoms with E-state index in [4.69, 9.17) is 16.3 Å². The Labute approximate surface area is 94.2 Å². The van der Waals surface area contributed by atoms with Crippen molar-refractivity contribution >= 4 is 17.4 Å².